The van der Waals surface area contributed by atoms with Crippen molar-refractivity contribution in [2.75, 3.05) is 19.7 Å². The number of hydrogen-bond acceptors (Lipinski definition) is 5. The number of aryl methyl sites for hydroxylation is 1. The zero-order valence-electron chi connectivity index (χ0n) is 18.0. The molecule has 2 aliphatic heterocycles. The first kappa shape index (κ1) is 21.4. The first-order valence-electron chi connectivity index (χ1n) is 11.1. The van der Waals surface area contributed by atoms with Gasteiger partial charge in [0.25, 0.3) is 11.8 Å². The Bertz CT molecular complexity index is 904. The summed E-state index contributed by atoms with van der Waals surface area (Å²) in [5, 5.41) is 2.98. The second kappa shape index (κ2) is 10.0. The van der Waals surface area contributed by atoms with E-state index in [-0.39, 0.29) is 17.9 Å². The molecule has 1 aromatic carbocycles. The van der Waals surface area contributed by atoms with Gasteiger partial charge < -0.3 is 15.0 Å². The molecule has 2 aromatic rings. The maximum Gasteiger partial charge on any atom is 0.254 e. The topological polar surface area (TPSA) is 84.4 Å². The van der Waals surface area contributed by atoms with Crippen molar-refractivity contribution in [2.24, 2.45) is 5.92 Å². The van der Waals surface area contributed by atoms with E-state index < -0.39 is 0 Å². The molecule has 0 saturated carbocycles. The average molecular weight is 423 g/mol. The molecule has 7 nitrogen and oxygen atoms in total. The molecule has 1 unspecified atom stereocenters. The van der Waals surface area contributed by atoms with Crippen LogP contribution < -0.4 is 5.32 Å². The monoisotopic (exact) mass is 422 g/mol. The molecule has 1 aromatic heterocycles. The summed E-state index contributed by atoms with van der Waals surface area (Å²) in [4.78, 5) is 36.2. The highest BCUT2D eigenvalue weighted by atomic mass is 16.5. The predicted molar refractivity (Wildman–Crippen MR) is 116 cm³/mol. The van der Waals surface area contributed by atoms with Crippen molar-refractivity contribution < 1.29 is 14.3 Å². The Morgan fingerprint density at radius 1 is 1.16 bits per heavy atom. The zero-order valence-corrected chi connectivity index (χ0v) is 18.0. The minimum absolute atomic E-state index is 0.134. The van der Waals surface area contributed by atoms with E-state index in [2.05, 4.69) is 15.3 Å². The van der Waals surface area contributed by atoms with Gasteiger partial charge in [-0.15, -0.1) is 0 Å². The molecule has 1 N–H and O–H groups in total. The molecule has 7 heteroatoms. The van der Waals surface area contributed by atoms with Gasteiger partial charge in [0.05, 0.1) is 11.3 Å². The molecule has 0 aliphatic carbocycles. The number of likely N-dealkylation sites (tertiary alicyclic amines) is 1. The van der Waals surface area contributed by atoms with Gasteiger partial charge in [-0.25, -0.2) is 9.97 Å². The second-order valence-electron chi connectivity index (χ2n) is 8.42. The molecule has 2 aliphatic rings. The molecule has 0 radical (unpaired) electrons. The van der Waals surface area contributed by atoms with E-state index >= 15 is 0 Å². The number of carbonyl (C=O) groups is 2. The third-order valence-electron chi connectivity index (χ3n) is 6.14. The number of ether oxygens (including phenoxy) is 1. The summed E-state index contributed by atoms with van der Waals surface area (Å²) in [6.07, 6.45) is 5.73. The maximum atomic E-state index is 12.8. The fraction of sp³-hybridized carbons (Fsp3) is 0.500. The lowest BCUT2D eigenvalue weighted by Crippen LogP contribution is -2.44. The number of carbonyl (C=O) groups excluding carboxylic acids is 2. The summed E-state index contributed by atoms with van der Waals surface area (Å²) in [7, 11) is 0. The number of aromatic nitrogens is 2. The zero-order chi connectivity index (χ0) is 21.6. The second-order valence-corrected chi connectivity index (χ2v) is 8.42. The molecule has 2 fully saturated rings. The molecule has 4 rings (SSSR count). The Hall–Kier alpha value is -2.80. The van der Waals surface area contributed by atoms with E-state index in [4.69, 9.17) is 4.74 Å². The maximum absolute atomic E-state index is 12.8. The molecule has 2 amide bonds. The molecular weight excluding hydrogens is 392 g/mol. The molecule has 3 heterocycles. The summed E-state index contributed by atoms with van der Waals surface area (Å²) in [5.74, 6) is 1.05. The third-order valence-corrected chi connectivity index (χ3v) is 6.14. The van der Waals surface area contributed by atoms with Crippen LogP contribution in [0, 0.1) is 12.8 Å². The van der Waals surface area contributed by atoms with Crippen LogP contribution in [0.15, 0.2) is 36.5 Å². The lowest BCUT2D eigenvalue weighted by Gasteiger charge is -2.33. The van der Waals surface area contributed by atoms with E-state index in [0.29, 0.717) is 30.5 Å². The molecule has 1 atom stereocenters. The summed E-state index contributed by atoms with van der Waals surface area (Å²) in [6.45, 7) is 4.48. The van der Waals surface area contributed by atoms with Gasteiger partial charge >= 0.3 is 0 Å². The fourth-order valence-electron chi connectivity index (χ4n) is 4.34. The van der Waals surface area contributed by atoms with Crippen LogP contribution in [-0.4, -0.2) is 52.5 Å². The number of rotatable bonds is 6. The van der Waals surface area contributed by atoms with Crippen molar-refractivity contribution in [1.82, 2.24) is 20.2 Å². The first-order chi connectivity index (χ1) is 15.1. The number of benzene rings is 1. The van der Waals surface area contributed by atoms with Crippen LogP contribution >= 0.6 is 0 Å². The predicted octanol–water partition coefficient (Wildman–Crippen LogP) is 2.68. The Balaban J connectivity index is 1.35. The highest BCUT2D eigenvalue weighted by Gasteiger charge is 2.31. The van der Waals surface area contributed by atoms with Gasteiger partial charge in [0.2, 0.25) is 0 Å². The summed E-state index contributed by atoms with van der Waals surface area (Å²) < 4.78 is 5.55. The average Bonchev–Trinajstić information content (AvgIpc) is 3.33. The van der Waals surface area contributed by atoms with E-state index in [0.717, 1.165) is 56.5 Å². The van der Waals surface area contributed by atoms with Gasteiger partial charge in [-0.2, -0.15) is 0 Å². The van der Waals surface area contributed by atoms with Crippen molar-refractivity contribution in [3.05, 3.63) is 59.2 Å². The smallest absolute Gasteiger partial charge is 0.254 e. The quantitative estimate of drug-likeness (QED) is 0.774. The van der Waals surface area contributed by atoms with Gasteiger partial charge in [-0.05, 0) is 50.5 Å². The fourth-order valence-corrected chi connectivity index (χ4v) is 4.34. The van der Waals surface area contributed by atoms with Gasteiger partial charge in [0, 0.05) is 32.4 Å². The normalized spacial score (nSPS) is 19.4. The van der Waals surface area contributed by atoms with Crippen LogP contribution in [0.2, 0.25) is 0 Å². The number of piperidine rings is 1. The number of nitrogens with zero attached hydrogens (tertiary/aromatic N) is 3. The van der Waals surface area contributed by atoms with Gasteiger partial charge in [-0.1, -0.05) is 30.3 Å². The van der Waals surface area contributed by atoms with E-state index in [9.17, 15) is 9.59 Å². The number of amides is 2. The standard InChI is InChI=1S/C24H30N4O3/c1-17-25-16-20(23(29)26-15-19-6-3-2-4-7-19)21(27-17)14-18-9-11-28(12-10-18)24(30)22-8-5-13-31-22/h2-4,6-7,16,18,22H,5,8-15H2,1H3,(H,26,29). The number of nitrogens with one attached hydrogen (secondary N) is 1. The number of hydrogen-bond donors (Lipinski definition) is 1. The third kappa shape index (κ3) is 5.47. The van der Waals surface area contributed by atoms with Crippen molar-refractivity contribution in [2.45, 2.75) is 51.7 Å². The molecule has 0 spiro atoms. The molecular formula is C24H30N4O3. The van der Waals surface area contributed by atoms with Crippen LogP contribution in [-0.2, 0) is 22.5 Å². The summed E-state index contributed by atoms with van der Waals surface area (Å²) in [6, 6.07) is 9.84. The van der Waals surface area contributed by atoms with Gasteiger partial charge in [0.15, 0.2) is 0 Å². The summed E-state index contributed by atoms with van der Waals surface area (Å²) >= 11 is 0. The lowest BCUT2D eigenvalue weighted by atomic mass is 9.90. The van der Waals surface area contributed by atoms with Gasteiger partial charge in [0.1, 0.15) is 11.9 Å². The Labute approximate surface area is 183 Å². The van der Waals surface area contributed by atoms with Crippen molar-refractivity contribution in [3.63, 3.8) is 0 Å². The van der Waals surface area contributed by atoms with Crippen LogP contribution in [0.5, 0.6) is 0 Å². The molecule has 2 saturated heterocycles. The largest absolute Gasteiger partial charge is 0.368 e. The Morgan fingerprint density at radius 2 is 1.94 bits per heavy atom. The SMILES string of the molecule is Cc1ncc(C(=O)NCc2ccccc2)c(CC2CCN(C(=O)C3CCCO3)CC2)n1. The lowest BCUT2D eigenvalue weighted by molar-refractivity contribution is -0.142. The van der Waals surface area contributed by atoms with Gasteiger partial charge in [-0.3, -0.25) is 9.59 Å². The Kier molecular flexibility index (Phi) is 6.92. The molecule has 164 valence electrons. The molecule has 31 heavy (non-hydrogen) atoms. The van der Waals surface area contributed by atoms with Crippen LogP contribution in [0.25, 0.3) is 0 Å². The van der Waals surface area contributed by atoms with Crippen LogP contribution in [0.3, 0.4) is 0 Å². The van der Waals surface area contributed by atoms with Crippen LogP contribution in [0.4, 0.5) is 0 Å². The van der Waals surface area contributed by atoms with E-state index in [1.807, 2.05) is 42.2 Å². The minimum atomic E-state index is -0.249. The van der Waals surface area contributed by atoms with Crippen molar-refractivity contribution in [3.8, 4) is 0 Å². The van der Waals surface area contributed by atoms with Crippen LogP contribution in [0.1, 0.15) is 53.1 Å². The minimum Gasteiger partial charge on any atom is -0.368 e. The van der Waals surface area contributed by atoms with E-state index in [1.54, 1.807) is 6.20 Å². The first-order valence-corrected chi connectivity index (χ1v) is 11.1. The van der Waals surface area contributed by atoms with Crippen molar-refractivity contribution in [1.29, 1.82) is 0 Å². The summed E-state index contributed by atoms with van der Waals surface area (Å²) in [5.41, 5.74) is 2.38. The van der Waals surface area contributed by atoms with E-state index in [1.165, 1.54) is 0 Å². The Morgan fingerprint density at radius 3 is 2.65 bits per heavy atom. The highest BCUT2D eigenvalue weighted by Crippen LogP contribution is 2.24. The molecule has 0 bridgehead atoms. The van der Waals surface area contributed by atoms with Crippen molar-refractivity contribution >= 4 is 11.8 Å². The highest BCUT2D eigenvalue weighted by molar-refractivity contribution is 5.94.